The molecular weight excluding hydrogens is 444 g/mol. The summed E-state index contributed by atoms with van der Waals surface area (Å²) in [5, 5.41) is 16.7. The Hall–Kier alpha value is -2.63. The molecule has 3 rings (SSSR count). The van der Waals surface area contributed by atoms with Crippen molar-refractivity contribution in [2.45, 2.75) is 18.2 Å². The maximum atomic E-state index is 12.5. The molecule has 0 saturated carbocycles. The second-order valence-corrected chi connectivity index (χ2v) is 8.94. The second kappa shape index (κ2) is 10.4. The van der Waals surface area contributed by atoms with Crippen LogP contribution in [0.5, 0.6) is 0 Å². The minimum absolute atomic E-state index is 0.130. The molecule has 11 heteroatoms. The zero-order valence-electron chi connectivity index (χ0n) is 16.4. The summed E-state index contributed by atoms with van der Waals surface area (Å²) in [4.78, 5) is 25.0. The summed E-state index contributed by atoms with van der Waals surface area (Å²) < 4.78 is 11.5. The minimum atomic E-state index is -0.507. The van der Waals surface area contributed by atoms with Gasteiger partial charge >= 0.3 is 5.97 Å². The molecule has 0 aliphatic rings. The van der Waals surface area contributed by atoms with Crippen LogP contribution < -0.4 is 10.6 Å². The van der Waals surface area contributed by atoms with Gasteiger partial charge in [0.25, 0.3) is 0 Å². The Morgan fingerprint density at radius 2 is 2.20 bits per heavy atom. The summed E-state index contributed by atoms with van der Waals surface area (Å²) in [6, 6.07) is 3.60. The first-order valence-electron chi connectivity index (χ1n) is 8.98. The highest BCUT2D eigenvalue weighted by Gasteiger charge is 2.24. The highest BCUT2D eigenvalue weighted by atomic mass is 32.2. The molecule has 0 bridgehead atoms. The first-order chi connectivity index (χ1) is 14.5. The van der Waals surface area contributed by atoms with Gasteiger partial charge in [-0.25, -0.2) is 4.79 Å². The van der Waals surface area contributed by atoms with Crippen molar-refractivity contribution in [1.29, 1.82) is 0 Å². The average molecular weight is 465 g/mol. The van der Waals surface area contributed by atoms with Crippen LogP contribution in [0.15, 0.2) is 38.9 Å². The van der Waals surface area contributed by atoms with Crippen molar-refractivity contribution < 1.29 is 18.7 Å². The van der Waals surface area contributed by atoms with Crippen LogP contribution in [-0.2, 0) is 9.53 Å². The molecule has 0 atom stereocenters. The summed E-state index contributed by atoms with van der Waals surface area (Å²) in [6.45, 7) is 8.01. The standard InChI is InChI=1S/C19H20N4O4S3/c1-4-8-20-18-22-23-19(30-18)29-10-14(24)21-16-15(17(25)26-5-2)12(9-28-16)13-7-6-11(3)27-13/h4,6-7,9H,1,5,8,10H2,2-3H3,(H,20,22)(H,21,24). The number of nitrogens with zero attached hydrogens (tertiary/aromatic N) is 2. The van der Waals surface area contributed by atoms with E-state index < -0.39 is 5.97 Å². The Kier molecular flexibility index (Phi) is 7.66. The molecule has 0 unspecified atom stereocenters. The third kappa shape index (κ3) is 5.49. The molecule has 8 nitrogen and oxygen atoms in total. The number of rotatable bonds is 10. The van der Waals surface area contributed by atoms with Gasteiger partial charge in [-0.15, -0.1) is 28.1 Å². The Morgan fingerprint density at radius 3 is 2.90 bits per heavy atom. The number of amides is 1. The Bertz CT molecular complexity index is 1040. The molecule has 3 aromatic heterocycles. The first kappa shape index (κ1) is 22.1. The lowest BCUT2D eigenvalue weighted by molar-refractivity contribution is -0.113. The van der Waals surface area contributed by atoms with Gasteiger partial charge in [0.1, 0.15) is 22.1 Å². The highest BCUT2D eigenvalue weighted by Crippen LogP contribution is 2.37. The number of ether oxygens (including phenoxy) is 1. The van der Waals surface area contributed by atoms with E-state index in [0.717, 1.165) is 5.76 Å². The normalized spacial score (nSPS) is 10.6. The second-order valence-electron chi connectivity index (χ2n) is 5.86. The van der Waals surface area contributed by atoms with Gasteiger partial charge in [0.05, 0.1) is 12.4 Å². The number of hydrogen-bond donors (Lipinski definition) is 2. The highest BCUT2D eigenvalue weighted by molar-refractivity contribution is 8.01. The molecular formula is C19H20N4O4S3. The summed E-state index contributed by atoms with van der Waals surface area (Å²) in [5.74, 6) is 0.645. The Morgan fingerprint density at radius 1 is 1.37 bits per heavy atom. The molecule has 0 aliphatic carbocycles. The molecule has 0 aliphatic heterocycles. The third-order valence-electron chi connectivity index (χ3n) is 3.66. The Labute approximate surface area is 185 Å². The molecule has 3 aromatic rings. The van der Waals surface area contributed by atoms with Gasteiger partial charge in [-0.3, -0.25) is 4.79 Å². The zero-order chi connectivity index (χ0) is 21.5. The topological polar surface area (TPSA) is 106 Å². The van der Waals surface area contributed by atoms with Crippen LogP contribution in [0.25, 0.3) is 11.3 Å². The predicted molar refractivity (Wildman–Crippen MR) is 121 cm³/mol. The van der Waals surface area contributed by atoms with Crippen LogP contribution in [0.3, 0.4) is 0 Å². The molecule has 0 saturated heterocycles. The van der Waals surface area contributed by atoms with E-state index in [4.69, 9.17) is 9.15 Å². The molecule has 2 N–H and O–H groups in total. The van der Waals surface area contributed by atoms with Crippen LogP contribution >= 0.6 is 34.4 Å². The van der Waals surface area contributed by atoms with Crippen molar-refractivity contribution in [2.24, 2.45) is 0 Å². The van der Waals surface area contributed by atoms with Crippen LogP contribution in [0, 0.1) is 6.92 Å². The number of esters is 1. The van der Waals surface area contributed by atoms with Crippen LogP contribution in [0.1, 0.15) is 23.0 Å². The largest absolute Gasteiger partial charge is 0.462 e. The molecule has 3 heterocycles. The molecule has 1 amide bonds. The molecule has 0 fully saturated rings. The number of aromatic nitrogens is 2. The number of nitrogens with one attached hydrogen (secondary N) is 2. The number of furan rings is 1. The van der Waals surface area contributed by atoms with Crippen molar-refractivity contribution >= 4 is 56.4 Å². The van der Waals surface area contributed by atoms with Gasteiger partial charge in [0.15, 0.2) is 4.34 Å². The number of carbonyl (C=O) groups is 2. The maximum Gasteiger partial charge on any atom is 0.341 e. The van der Waals surface area contributed by atoms with Crippen molar-refractivity contribution in [2.75, 3.05) is 29.5 Å². The lowest BCUT2D eigenvalue weighted by Crippen LogP contribution is -2.16. The average Bonchev–Trinajstić information content (AvgIpc) is 3.44. The monoisotopic (exact) mass is 464 g/mol. The molecule has 0 aromatic carbocycles. The van der Waals surface area contributed by atoms with E-state index in [2.05, 4.69) is 27.4 Å². The summed E-state index contributed by atoms with van der Waals surface area (Å²) in [7, 11) is 0. The van der Waals surface area contributed by atoms with E-state index in [1.54, 1.807) is 24.4 Å². The molecule has 0 radical (unpaired) electrons. The zero-order valence-corrected chi connectivity index (χ0v) is 18.8. The number of aryl methyl sites for hydroxylation is 1. The predicted octanol–water partition coefficient (Wildman–Crippen LogP) is 4.67. The van der Waals surface area contributed by atoms with Crippen LogP contribution in [0.4, 0.5) is 10.1 Å². The fraction of sp³-hybridized carbons (Fsp3) is 0.263. The van der Waals surface area contributed by atoms with Gasteiger partial charge in [-0.05, 0) is 26.0 Å². The SMILES string of the molecule is C=CCNc1nnc(SCC(=O)Nc2scc(-c3ccc(C)o3)c2C(=O)OCC)s1. The fourth-order valence-corrected chi connectivity index (χ4v) is 4.92. The van der Waals surface area contributed by atoms with Crippen molar-refractivity contribution in [1.82, 2.24) is 10.2 Å². The number of thiophene rings is 1. The van der Waals surface area contributed by atoms with E-state index in [0.29, 0.717) is 37.9 Å². The molecule has 30 heavy (non-hydrogen) atoms. The lowest BCUT2D eigenvalue weighted by Gasteiger charge is -2.07. The van der Waals surface area contributed by atoms with Crippen molar-refractivity contribution in [3.63, 3.8) is 0 Å². The van der Waals surface area contributed by atoms with Gasteiger partial charge in [0, 0.05) is 17.5 Å². The summed E-state index contributed by atoms with van der Waals surface area (Å²) >= 11 is 3.88. The minimum Gasteiger partial charge on any atom is -0.462 e. The smallest absolute Gasteiger partial charge is 0.341 e. The van der Waals surface area contributed by atoms with E-state index in [1.165, 1.54) is 34.4 Å². The number of carbonyl (C=O) groups excluding carboxylic acids is 2. The Balaban J connectivity index is 1.69. The third-order valence-corrected chi connectivity index (χ3v) is 6.57. The first-order valence-corrected chi connectivity index (χ1v) is 11.7. The molecule has 158 valence electrons. The van der Waals surface area contributed by atoms with Crippen molar-refractivity contribution in [3.05, 3.63) is 41.5 Å². The lowest BCUT2D eigenvalue weighted by atomic mass is 10.1. The molecule has 0 spiro atoms. The number of hydrogen-bond acceptors (Lipinski definition) is 10. The van der Waals surface area contributed by atoms with Gasteiger partial charge in [-0.1, -0.05) is 29.2 Å². The van der Waals surface area contributed by atoms with E-state index >= 15 is 0 Å². The van der Waals surface area contributed by atoms with Gasteiger partial charge in [-0.2, -0.15) is 0 Å². The summed E-state index contributed by atoms with van der Waals surface area (Å²) in [5.41, 5.74) is 0.887. The fourth-order valence-electron chi connectivity index (χ4n) is 2.41. The van der Waals surface area contributed by atoms with E-state index in [1.807, 2.05) is 13.0 Å². The van der Waals surface area contributed by atoms with Crippen LogP contribution in [0.2, 0.25) is 0 Å². The van der Waals surface area contributed by atoms with E-state index in [9.17, 15) is 9.59 Å². The number of thioether (sulfide) groups is 1. The van der Waals surface area contributed by atoms with Gasteiger partial charge < -0.3 is 19.8 Å². The van der Waals surface area contributed by atoms with Crippen molar-refractivity contribution in [3.8, 4) is 11.3 Å². The van der Waals surface area contributed by atoms with Gasteiger partial charge in [0.2, 0.25) is 11.0 Å². The number of anilines is 2. The maximum absolute atomic E-state index is 12.5. The van der Waals surface area contributed by atoms with Crippen LogP contribution in [-0.4, -0.2) is 41.0 Å². The summed E-state index contributed by atoms with van der Waals surface area (Å²) in [6.07, 6.45) is 1.72. The quantitative estimate of drug-likeness (QED) is 0.253. The van der Waals surface area contributed by atoms with E-state index in [-0.39, 0.29) is 18.3 Å².